The van der Waals surface area contributed by atoms with Crippen molar-refractivity contribution in [2.45, 2.75) is 18.3 Å². The summed E-state index contributed by atoms with van der Waals surface area (Å²) >= 11 is 0. The molecular weight excluding hydrogens is 552 g/mol. The summed E-state index contributed by atoms with van der Waals surface area (Å²) in [7, 11) is 0. The minimum absolute atomic E-state index is 0.119. The van der Waals surface area contributed by atoms with Crippen LogP contribution in [0.1, 0.15) is 41.4 Å². The highest BCUT2D eigenvalue weighted by molar-refractivity contribution is 5.91. The summed E-state index contributed by atoms with van der Waals surface area (Å²) < 4.78 is 28.5. The number of hydrogen-bond donors (Lipinski definition) is 0. The van der Waals surface area contributed by atoms with Crippen LogP contribution >= 0.6 is 0 Å². The molecule has 0 amide bonds. The Hall–Kier alpha value is -5.70. The summed E-state index contributed by atoms with van der Waals surface area (Å²) in [5.41, 5.74) is 0.956. The van der Waals surface area contributed by atoms with Crippen LogP contribution < -0.4 is 0 Å². The van der Waals surface area contributed by atoms with E-state index in [-0.39, 0.29) is 34.6 Å². The molecule has 43 heavy (non-hydrogen) atoms. The summed E-state index contributed by atoms with van der Waals surface area (Å²) in [6.07, 6.45) is -3.03. The van der Waals surface area contributed by atoms with E-state index in [0.717, 1.165) is 6.26 Å². The molecule has 216 valence electrons. The van der Waals surface area contributed by atoms with Crippen molar-refractivity contribution in [2.75, 3.05) is 6.61 Å². The summed E-state index contributed by atoms with van der Waals surface area (Å²) in [4.78, 5) is 52.1. The van der Waals surface area contributed by atoms with Gasteiger partial charge in [0.2, 0.25) is 6.10 Å². The highest BCUT2D eigenvalue weighted by atomic mass is 16.6. The number of carbonyl (C=O) groups excluding carboxylic acids is 4. The van der Waals surface area contributed by atoms with E-state index < -0.39 is 42.2 Å². The van der Waals surface area contributed by atoms with Crippen LogP contribution in [0.2, 0.25) is 0 Å². The average molecular weight is 579 g/mol. The molecule has 1 fully saturated rings. The molecule has 1 heterocycles. The Kier molecular flexibility index (Phi) is 9.23. The molecule has 0 radical (unpaired) electrons. The van der Waals surface area contributed by atoms with Gasteiger partial charge in [-0.1, -0.05) is 72.8 Å². The highest BCUT2D eigenvalue weighted by Gasteiger charge is 2.46. The minimum atomic E-state index is -1.45. The van der Waals surface area contributed by atoms with Crippen molar-refractivity contribution >= 4 is 23.9 Å². The molecule has 0 N–H and O–H groups in total. The number of rotatable bonds is 8. The van der Waals surface area contributed by atoms with E-state index in [1.807, 2.05) is 0 Å². The predicted octanol–water partition coefficient (Wildman–Crippen LogP) is 5.39. The molecule has 0 aromatic heterocycles. The molecule has 0 aliphatic carbocycles. The normalized spacial score (nSPS) is 18.5. The summed E-state index contributed by atoms with van der Waals surface area (Å²) in [6, 6.07) is 32.8. The quantitative estimate of drug-likeness (QED) is 0.154. The molecule has 9 heteroatoms. The maximum absolute atomic E-state index is 13.2. The largest absolute Gasteiger partial charge is 0.487 e. The van der Waals surface area contributed by atoms with Crippen molar-refractivity contribution in [3.8, 4) is 0 Å². The Labute approximate surface area is 247 Å². The van der Waals surface area contributed by atoms with Crippen LogP contribution in [0.4, 0.5) is 0 Å². The van der Waals surface area contributed by atoms with Crippen LogP contribution in [-0.4, -0.2) is 48.8 Å². The van der Waals surface area contributed by atoms with Crippen molar-refractivity contribution in [1.82, 2.24) is 0 Å². The molecule has 0 saturated carbocycles. The first kappa shape index (κ1) is 28.8. The van der Waals surface area contributed by atoms with Crippen molar-refractivity contribution in [3.63, 3.8) is 0 Å². The predicted molar refractivity (Wildman–Crippen MR) is 153 cm³/mol. The van der Waals surface area contributed by atoms with Gasteiger partial charge in [0.25, 0.3) is 0 Å². The standard InChI is InChI=1S/C34H26O9/c35-31(23-13-5-1-6-14-23)40-21-27-29(42-33(37)25-17-9-3-10-18-25)30(43-34(38)26-19-11-4-12-20-26)28(22-39-27)41-32(36)24-15-7-2-8-16-24/h1-21,28-30H,22H2/b27-21-/t28-,29-,30-/m1/s1. The summed E-state index contributed by atoms with van der Waals surface area (Å²) in [5, 5.41) is 0. The zero-order chi connectivity index (χ0) is 30.0. The molecule has 3 atom stereocenters. The van der Waals surface area contributed by atoms with Gasteiger partial charge in [0.15, 0.2) is 18.0 Å². The Morgan fingerprint density at radius 2 is 0.930 bits per heavy atom. The maximum atomic E-state index is 13.2. The van der Waals surface area contributed by atoms with Gasteiger partial charge in [-0.3, -0.25) is 0 Å². The molecule has 5 rings (SSSR count). The molecule has 1 aliphatic rings. The van der Waals surface area contributed by atoms with Crippen LogP contribution in [0.3, 0.4) is 0 Å². The third-order valence-corrected chi connectivity index (χ3v) is 6.42. The Morgan fingerprint density at radius 3 is 1.40 bits per heavy atom. The molecule has 4 aromatic carbocycles. The number of ether oxygens (including phenoxy) is 5. The lowest BCUT2D eigenvalue weighted by molar-refractivity contribution is -0.133. The molecule has 4 aromatic rings. The molecule has 9 nitrogen and oxygen atoms in total. The lowest BCUT2D eigenvalue weighted by atomic mass is 10.0. The van der Waals surface area contributed by atoms with Gasteiger partial charge in [-0.15, -0.1) is 0 Å². The molecule has 0 unspecified atom stereocenters. The third kappa shape index (κ3) is 7.34. The van der Waals surface area contributed by atoms with Gasteiger partial charge in [0.05, 0.1) is 22.3 Å². The summed E-state index contributed by atoms with van der Waals surface area (Å²) in [5.74, 6) is -3.04. The second-order valence-corrected chi connectivity index (χ2v) is 9.34. The zero-order valence-corrected chi connectivity index (χ0v) is 22.7. The second-order valence-electron chi connectivity index (χ2n) is 9.34. The molecule has 1 aliphatic heterocycles. The van der Waals surface area contributed by atoms with Gasteiger partial charge < -0.3 is 23.7 Å². The lowest BCUT2D eigenvalue weighted by Gasteiger charge is -2.37. The summed E-state index contributed by atoms with van der Waals surface area (Å²) in [6.45, 7) is -0.292. The first-order valence-electron chi connectivity index (χ1n) is 13.4. The number of esters is 4. The van der Waals surface area contributed by atoms with Gasteiger partial charge in [-0.05, 0) is 48.5 Å². The highest BCUT2D eigenvalue weighted by Crippen LogP contribution is 2.29. The monoisotopic (exact) mass is 578 g/mol. The molecule has 0 spiro atoms. The van der Waals surface area contributed by atoms with Crippen LogP contribution in [0.25, 0.3) is 0 Å². The number of benzene rings is 4. The van der Waals surface area contributed by atoms with Crippen LogP contribution in [0.15, 0.2) is 133 Å². The van der Waals surface area contributed by atoms with Crippen molar-refractivity contribution in [3.05, 3.63) is 156 Å². The first-order valence-corrected chi connectivity index (χ1v) is 13.4. The molecular formula is C34H26O9. The van der Waals surface area contributed by atoms with E-state index in [1.54, 1.807) is 121 Å². The minimum Gasteiger partial charge on any atom is -0.487 e. The van der Waals surface area contributed by atoms with Crippen LogP contribution in [0.5, 0.6) is 0 Å². The smallest absolute Gasteiger partial charge is 0.343 e. The molecule has 1 saturated heterocycles. The van der Waals surface area contributed by atoms with E-state index in [2.05, 4.69) is 0 Å². The van der Waals surface area contributed by atoms with E-state index in [4.69, 9.17) is 23.7 Å². The van der Waals surface area contributed by atoms with Gasteiger partial charge in [0.1, 0.15) is 12.9 Å². The fourth-order valence-corrected chi connectivity index (χ4v) is 4.23. The topological polar surface area (TPSA) is 114 Å². The fraction of sp³-hybridized carbons (Fsp3) is 0.118. The van der Waals surface area contributed by atoms with Gasteiger partial charge in [-0.25, -0.2) is 19.2 Å². The Balaban J connectivity index is 1.48. The number of hydrogen-bond acceptors (Lipinski definition) is 9. The van der Waals surface area contributed by atoms with Crippen LogP contribution in [0, 0.1) is 0 Å². The van der Waals surface area contributed by atoms with E-state index >= 15 is 0 Å². The molecule has 0 bridgehead atoms. The Bertz CT molecular complexity index is 1590. The number of carbonyl (C=O) groups is 4. The zero-order valence-electron chi connectivity index (χ0n) is 22.7. The van der Waals surface area contributed by atoms with E-state index in [1.165, 1.54) is 0 Å². The van der Waals surface area contributed by atoms with Gasteiger partial charge >= 0.3 is 23.9 Å². The second kappa shape index (κ2) is 13.8. The Morgan fingerprint density at radius 1 is 0.535 bits per heavy atom. The lowest BCUT2D eigenvalue weighted by Crippen LogP contribution is -2.52. The van der Waals surface area contributed by atoms with Crippen molar-refractivity contribution in [2.24, 2.45) is 0 Å². The van der Waals surface area contributed by atoms with E-state index in [9.17, 15) is 19.2 Å². The van der Waals surface area contributed by atoms with Gasteiger partial charge in [0, 0.05) is 0 Å². The van der Waals surface area contributed by atoms with Crippen molar-refractivity contribution < 1.29 is 42.9 Å². The SMILES string of the molecule is O=C(O/C=C1\OC[C@@H](OC(=O)c2ccccc2)[C@@H](OC(=O)c2ccccc2)[C@@H]1OC(=O)c1ccccc1)c1ccccc1. The first-order chi connectivity index (χ1) is 21.0. The van der Waals surface area contributed by atoms with Crippen molar-refractivity contribution in [1.29, 1.82) is 0 Å². The van der Waals surface area contributed by atoms with Crippen LogP contribution in [-0.2, 0) is 23.7 Å². The third-order valence-electron chi connectivity index (χ3n) is 6.42. The average Bonchev–Trinajstić information content (AvgIpc) is 3.07. The van der Waals surface area contributed by atoms with E-state index in [0.29, 0.717) is 0 Å². The fourth-order valence-electron chi connectivity index (χ4n) is 4.23. The van der Waals surface area contributed by atoms with Gasteiger partial charge in [-0.2, -0.15) is 0 Å². The maximum Gasteiger partial charge on any atom is 0.343 e.